The Morgan fingerprint density at radius 3 is 2.82 bits per heavy atom. The van der Waals surface area contributed by atoms with Crippen molar-refractivity contribution in [1.29, 1.82) is 0 Å². The van der Waals surface area contributed by atoms with E-state index in [0.717, 1.165) is 34.7 Å². The van der Waals surface area contributed by atoms with Crippen LogP contribution in [0.2, 0.25) is 0 Å². The minimum Gasteiger partial charge on any atom is -0.452 e. The van der Waals surface area contributed by atoms with Crippen LogP contribution in [0.25, 0.3) is 11.3 Å². The maximum atomic E-state index is 13.1. The molecular formula is C24H18N4O4S. The van der Waals surface area contributed by atoms with Crippen LogP contribution in [-0.4, -0.2) is 25.4 Å². The van der Waals surface area contributed by atoms with Gasteiger partial charge in [0, 0.05) is 28.5 Å². The third-order valence-electron chi connectivity index (χ3n) is 6.51. The first kappa shape index (κ1) is 19.8. The van der Waals surface area contributed by atoms with Gasteiger partial charge in [-0.15, -0.1) is 11.3 Å². The van der Waals surface area contributed by atoms with E-state index in [0.29, 0.717) is 0 Å². The van der Waals surface area contributed by atoms with Crippen molar-refractivity contribution >= 4 is 23.0 Å². The summed E-state index contributed by atoms with van der Waals surface area (Å²) in [5, 5.41) is 11.0. The zero-order valence-corrected chi connectivity index (χ0v) is 18.1. The summed E-state index contributed by atoms with van der Waals surface area (Å²) < 4.78 is 8.26. The Morgan fingerprint density at radius 2 is 2.00 bits per heavy atom. The molecule has 2 unspecified atom stereocenters. The first-order valence-electron chi connectivity index (χ1n) is 10.6. The van der Waals surface area contributed by atoms with Crippen LogP contribution in [0.3, 0.4) is 0 Å². The van der Waals surface area contributed by atoms with Gasteiger partial charge in [0.25, 0.3) is 5.69 Å². The van der Waals surface area contributed by atoms with E-state index in [9.17, 15) is 14.9 Å². The molecule has 3 heterocycles. The van der Waals surface area contributed by atoms with Gasteiger partial charge in [-0.25, -0.2) is 14.8 Å². The number of carbonyl (C=O) groups is 1. The van der Waals surface area contributed by atoms with Crippen molar-refractivity contribution in [1.82, 2.24) is 14.5 Å². The summed E-state index contributed by atoms with van der Waals surface area (Å²) in [6.45, 7) is 0. The summed E-state index contributed by atoms with van der Waals surface area (Å²) >= 11 is 1.58. The fourth-order valence-corrected chi connectivity index (χ4v) is 5.85. The molecule has 0 radical (unpaired) electrons. The molecular weight excluding hydrogens is 440 g/mol. The minimum absolute atomic E-state index is 0.0248. The van der Waals surface area contributed by atoms with Gasteiger partial charge in [-0.2, -0.15) is 0 Å². The van der Waals surface area contributed by atoms with Crippen LogP contribution in [-0.2, 0) is 11.2 Å². The second-order valence-electron chi connectivity index (χ2n) is 8.21. The predicted molar refractivity (Wildman–Crippen MR) is 121 cm³/mol. The van der Waals surface area contributed by atoms with E-state index in [4.69, 9.17) is 4.74 Å². The van der Waals surface area contributed by atoms with E-state index < -0.39 is 17.0 Å². The molecule has 0 fully saturated rings. The van der Waals surface area contributed by atoms with Gasteiger partial charge >= 0.3 is 5.97 Å². The lowest BCUT2D eigenvalue weighted by molar-refractivity contribution is -0.384. The van der Waals surface area contributed by atoms with E-state index in [-0.39, 0.29) is 23.2 Å². The van der Waals surface area contributed by atoms with Crippen LogP contribution in [0.4, 0.5) is 5.69 Å². The molecule has 33 heavy (non-hydrogen) atoms. The number of nitrogens with zero attached hydrogens (tertiary/aromatic N) is 4. The van der Waals surface area contributed by atoms with Crippen LogP contribution in [0, 0.1) is 16.0 Å². The molecule has 2 aliphatic rings. The highest BCUT2D eigenvalue weighted by molar-refractivity contribution is 7.09. The molecule has 2 aromatic heterocycles. The van der Waals surface area contributed by atoms with Crippen molar-refractivity contribution in [3.05, 3.63) is 98.4 Å². The van der Waals surface area contributed by atoms with E-state index in [1.807, 2.05) is 24.7 Å². The summed E-state index contributed by atoms with van der Waals surface area (Å²) in [7, 11) is 0. The third kappa shape index (κ3) is 3.15. The Kier molecular flexibility index (Phi) is 4.58. The molecule has 0 saturated carbocycles. The number of ether oxygens (including phenoxy) is 1. The lowest BCUT2D eigenvalue weighted by Gasteiger charge is -2.35. The van der Waals surface area contributed by atoms with E-state index in [1.165, 1.54) is 29.8 Å². The van der Waals surface area contributed by atoms with Gasteiger partial charge in [0.2, 0.25) is 0 Å². The molecule has 164 valence electrons. The molecule has 1 aliphatic carbocycles. The molecule has 8 nitrogen and oxygen atoms in total. The highest BCUT2D eigenvalue weighted by atomic mass is 32.1. The molecule has 0 saturated heterocycles. The Balaban J connectivity index is 1.38. The molecule has 0 spiro atoms. The minimum atomic E-state index is -0.533. The highest BCUT2D eigenvalue weighted by Crippen LogP contribution is 2.51. The number of aromatic nitrogens is 3. The Morgan fingerprint density at radius 1 is 1.18 bits per heavy atom. The predicted octanol–water partition coefficient (Wildman–Crippen LogP) is 4.98. The number of nitro groups is 1. The van der Waals surface area contributed by atoms with Gasteiger partial charge in [-0.05, 0) is 30.5 Å². The average molecular weight is 458 g/mol. The number of benzene rings is 2. The van der Waals surface area contributed by atoms with Crippen LogP contribution in [0.1, 0.15) is 45.1 Å². The van der Waals surface area contributed by atoms with E-state index >= 15 is 0 Å². The largest absolute Gasteiger partial charge is 0.452 e. The zero-order valence-electron chi connectivity index (χ0n) is 17.3. The van der Waals surface area contributed by atoms with Gasteiger partial charge in [0.15, 0.2) is 6.10 Å². The zero-order chi connectivity index (χ0) is 22.5. The number of fused-ring (bicyclic) bond motifs is 4. The lowest BCUT2D eigenvalue weighted by atomic mass is 9.80. The first-order valence-corrected chi connectivity index (χ1v) is 11.5. The smallest absolute Gasteiger partial charge is 0.338 e. The van der Waals surface area contributed by atoms with Crippen molar-refractivity contribution in [2.24, 2.45) is 5.92 Å². The Labute approximate surface area is 192 Å². The third-order valence-corrected chi connectivity index (χ3v) is 7.42. The number of imidazole rings is 1. The summed E-state index contributed by atoms with van der Waals surface area (Å²) in [4.78, 5) is 33.6. The van der Waals surface area contributed by atoms with Crippen molar-refractivity contribution in [2.75, 3.05) is 0 Å². The summed E-state index contributed by atoms with van der Waals surface area (Å²) in [5.41, 5.74) is 6.19. The van der Waals surface area contributed by atoms with Gasteiger partial charge in [0.05, 0.1) is 46.0 Å². The van der Waals surface area contributed by atoms with E-state index in [2.05, 4.69) is 26.7 Å². The van der Waals surface area contributed by atoms with Crippen molar-refractivity contribution in [2.45, 2.75) is 25.0 Å². The normalized spacial score (nSPS) is 20.5. The first-order chi connectivity index (χ1) is 16.1. The highest BCUT2D eigenvalue weighted by Gasteiger charge is 2.44. The standard InChI is InChI=1S/C24H18N4O4S/c29-24(14-5-7-15(8-6-14)28(30)31)32-23-18(9-10-20-21(23)26-13-33-20)22-17-4-2-1-3-16(17)19-11-25-12-27(19)22/h1-8,11-13,18,22-23H,9-10H2/t18?,22?,23-/m0/s1. The Hall–Kier alpha value is -3.85. The maximum absolute atomic E-state index is 13.1. The van der Waals surface area contributed by atoms with Crippen LogP contribution < -0.4 is 0 Å². The number of hydrogen-bond acceptors (Lipinski definition) is 7. The average Bonchev–Trinajstić information content (AvgIpc) is 3.56. The quantitative estimate of drug-likeness (QED) is 0.243. The SMILES string of the molecule is O=C(O[C@@H]1c2ncsc2CCC1C1c2ccccc2-c2cncn21)c1ccc([N+](=O)[O-])cc1. The van der Waals surface area contributed by atoms with Crippen LogP contribution in [0.15, 0.2) is 66.6 Å². The molecule has 3 atom stereocenters. The Bertz CT molecular complexity index is 1380. The van der Waals surface area contributed by atoms with Gasteiger partial charge in [-0.3, -0.25) is 10.1 Å². The molecule has 0 N–H and O–H groups in total. The monoisotopic (exact) mass is 458 g/mol. The number of carbonyl (C=O) groups excluding carboxylic acids is 1. The summed E-state index contributed by atoms with van der Waals surface area (Å²) in [6.07, 6.45) is 4.89. The maximum Gasteiger partial charge on any atom is 0.338 e. The number of thiazole rings is 1. The van der Waals surface area contributed by atoms with Gasteiger partial charge in [0.1, 0.15) is 0 Å². The molecule has 1 aliphatic heterocycles. The fraction of sp³-hybridized carbons (Fsp3) is 0.208. The van der Waals surface area contributed by atoms with Gasteiger partial charge in [-0.1, -0.05) is 24.3 Å². The second kappa shape index (κ2) is 7.63. The van der Waals surface area contributed by atoms with Gasteiger partial charge < -0.3 is 9.30 Å². The summed E-state index contributed by atoms with van der Waals surface area (Å²) in [6, 6.07) is 13.7. The molecule has 9 heteroatoms. The number of rotatable bonds is 4. The number of hydrogen-bond donors (Lipinski definition) is 0. The number of nitro benzene ring substituents is 1. The molecule has 6 rings (SSSR count). The number of aryl methyl sites for hydroxylation is 1. The fourth-order valence-electron chi connectivity index (χ4n) is 5.03. The van der Waals surface area contributed by atoms with Crippen molar-refractivity contribution < 1.29 is 14.5 Å². The molecule has 0 bridgehead atoms. The molecule has 0 amide bonds. The van der Waals surface area contributed by atoms with Crippen molar-refractivity contribution in [3.8, 4) is 11.3 Å². The topological polar surface area (TPSA) is 100 Å². The van der Waals surface area contributed by atoms with E-state index in [1.54, 1.807) is 16.8 Å². The number of non-ortho nitro benzene ring substituents is 1. The summed E-state index contributed by atoms with van der Waals surface area (Å²) in [5.74, 6) is -0.545. The van der Waals surface area contributed by atoms with Crippen LogP contribution in [0.5, 0.6) is 0 Å². The molecule has 2 aromatic carbocycles. The van der Waals surface area contributed by atoms with Crippen LogP contribution >= 0.6 is 11.3 Å². The lowest BCUT2D eigenvalue weighted by Crippen LogP contribution is -2.31. The molecule has 4 aromatic rings. The van der Waals surface area contributed by atoms with Crippen molar-refractivity contribution in [3.63, 3.8) is 0 Å². The number of esters is 1. The second-order valence-corrected chi connectivity index (χ2v) is 9.15.